The predicted molar refractivity (Wildman–Crippen MR) is 34.4 cm³/mol. The molecule has 3 unspecified atom stereocenters. The predicted octanol–water partition coefficient (Wildman–Crippen LogP) is 1.80. The Morgan fingerprint density at radius 1 is 1.57 bits per heavy atom. The van der Waals surface area contributed by atoms with Gasteiger partial charge in [-0.05, 0) is 30.3 Å². The van der Waals surface area contributed by atoms with E-state index >= 15 is 0 Å². The maximum absolute atomic E-state index is 3.00. The van der Waals surface area contributed by atoms with E-state index in [0.29, 0.717) is 0 Å². The van der Waals surface area contributed by atoms with Gasteiger partial charge in [-0.2, -0.15) is 0 Å². The lowest BCUT2D eigenvalue weighted by molar-refractivity contribution is 0.743. The Bertz CT molecular complexity index is 98.4. The van der Waals surface area contributed by atoms with Gasteiger partial charge in [-0.1, -0.05) is 6.42 Å². The summed E-state index contributed by atoms with van der Waals surface area (Å²) in [6.07, 6.45) is 6.01. The van der Waals surface area contributed by atoms with Crippen LogP contribution in [0.3, 0.4) is 0 Å². The topological polar surface area (TPSA) is 0 Å². The van der Waals surface area contributed by atoms with Crippen LogP contribution in [-0.4, -0.2) is 5.16 Å². The largest absolute Gasteiger partial charge is 0.131 e. The van der Waals surface area contributed by atoms with Crippen molar-refractivity contribution in [3.63, 3.8) is 0 Å². The van der Waals surface area contributed by atoms with Gasteiger partial charge in [0.25, 0.3) is 0 Å². The molecule has 0 nitrogen and oxygen atoms in total. The Kier molecular flexibility index (Phi) is 0.649. The molecule has 0 aromatic heterocycles. The van der Waals surface area contributed by atoms with Crippen molar-refractivity contribution in [2.24, 2.45) is 5.92 Å². The Hall–Kier alpha value is 0.430. The smallest absolute Gasteiger partial charge is 0.0119 e. The molecule has 0 radical (unpaired) electrons. The lowest BCUT2D eigenvalue weighted by Crippen LogP contribution is -1.89. The van der Waals surface area contributed by atoms with E-state index in [0.717, 1.165) is 11.1 Å². The molecule has 0 heterocycles. The molecule has 0 aliphatic heterocycles. The van der Waals surface area contributed by atoms with Gasteiger partial charge in [-0.25, -0.2) is 0 Å². The second-order valence-electron chi connectivity index (χ2n) is 3.03. The van der Waals surface area contributed by atoms with Crippen molar-refractivity contribution in [1.82, 2.24) is 0 Å². The molecular formula is C6H11P. The van der Waals surface area contributed by atoms with Gasteiger partial charge in [0.2, 0.25) is 0 Å². The first kappa shape index (κ1) is 4.32. The van der Waals surface area contributed by atoms with E-state index in [2.05, 4.69) is 9.24 Å². The quantitative estimate of drug-likeness (QED) is 0.421. The fourth-order valence-electron chi connectivity index (χ4n) is 1.77. The summed E-state index contributed by atoms with van der Waals surface area (Å²) in [6, 6.07) is 0. The molecule has 2 aliphatic carbocycles. The van der Waals surface area contributed by atoms with Gasteiger partial charge in [-0.3, -0.25) is 0 Å². The molecule has 1 heteroatoms. The van der Waals surface area contributed by atoms with Gasteiger partial charge < -0.3 is 0 Å². The molecule has 2 rings (SSSR count). The summed E-state index contributed by atoms with van der Waals surface area (Å²) < 4.78 is 0. The summed E-state index contributed by atoms with van der Waals surface area (Å²) in [7, 11) is 3.00. The van der Waals surface area contributed by atoms with Gasteiger partial charge in [0.15, 0.2) is 0 Å². The minimum atomic E-state index is 0.778. The Morgan fingerprint density at radius 2 is 2.43 bits per heavy atom. The molecule has 3 atom stereocenters. The minimum absolute atomic E-state index is 0.778. The van der Waals surface area contributed by atoms with Crippen molar-refractivity contribution in [2.75, 3.05) is 0 Å². The van der Waals surface area contributed by atoms with E-state index in [9.17, 15) is 0 Å². The highest BCUT2D eigenvalue weighted by Gasteiger charge is 2.52. The summed E-state index contributed by atoms with van der Waals surface area (Å²) in [4.78, 5) is 0. The van der Waals surface area contributed by atoms with Gasteiger partial charge in [0, 0.05) is 0 Å². The third-order valence-electron chi connectivity index (χ3n) is 2.47. The van der Waals surface area contributed by atoms with Crippen molar-refractivity contribution >= 4 is 9.24 Å². The SMILES string of the molecule is PC12CCCC1C2. The fraction of sp³-hybridized carbons (Fsp3) is 1.00. The maximum atomic E-state index is 3.00. The first-order valence-corrected chi connectivity index (χ1v) is 3.68. The van der Waals surface area contributed by atoms with Crippen LogP contribution in [0.1, 0.15) is 25.7 Å². The number of hydrogen-bond acceptors (Lipinski definition) is 0. The molecule has 0 aromatic carbocycles. The summed E-state index contributed by atoms with van der Waals surface area (Å²) >= 11 is 0. The van der Waals surface area contributed by atoms with Crippen molar-refractivity contribution in [3.05, 3.63) is 0 Å². The van der Waals surface area contributed by atoms with Crippen LogP contribution in [0.25, 0.3) is 0 Å². The van der Waals surface area contributed by atoms with Gasteiger partial charge in [0.1, 0.15) is 0 Å². The zero-order valence-electron chi connectivity index (χ0n) is 4.48. The maximum Gasteiger partial charge on any atom is -0.0119 e. The van der Waals surface area contributed by atoms with E-state index in [4.69, 9.17) is 0 Å². The van der Waals surface area contributed by atoms with Crippen LogP contribution in [0, 0.1) is 5.92 Å². The molecule has 40 valence electrons. The van der Waals surface area contributed by atoms with Crippen LogP contribution in [0.2, 0.25) is 0 Å². The molecule has 2 aliphatic rings. The van der Waals surface area contributed by atoms with E-state index < -0.39 is 0 Å². The van der Waals surface area contributed by atoms with Crippen LogP contribution in [0.5, 0.6) is 0 Å². The molecule has 2 fully saturated rings. The van der Waals surface area contributed by atoms with E-state index in [1.165, 1.54) is 25.7 Å². The van der Waals surface area contributed by atoms with Crippen molar-refractivity contribution in [3.8, 4) is 0 Å². The van der Waals surface area contributed by atoms with Gasteiger partial charge in [-0.15, -0.1) is 9.24 Å². The molecule has 0 amide bonds. The average molecular weight is 114 g/mol. The first-order chi connectivity index (χ1) is 3.31. The number of fused-ring (bicyclic) bond motifs is 1. The second kappa shape index (κ2) is 1.05. The minimum Gasteiger partial charge on any atom is -0.131 e. The molecule has 0 saturated heterocycles. The van der Waals surface area contributed by atoms with E-state index in [1.54, 1.807) is 0 Å². The highest BCUT2D eigenvalue weighted by molar-refractivity contribution is 7.19. The third kappa shape index (κ3) is 0.467. The summed E-state index contributed by atoms with van der Waals surface area (Å²) in [6.45, 7) is 0. The van der Waals surface area contributed by atoms with Gasteiger partial charge >= 0.3 is 0 Å². The van der Waals surface area contributed by atoms with Crippen molar-refractivity contribution in [1.29, 1.82) is 0 Å². The van der Waals surface area contributed by atoms with Crippen LogP contribution in [0.4, 0.5) is 0 Å². The van der Waals surface area contributed by atoms with Crippen molar-refractivity contribution < 1.29 is 0 Å². The standard InChI is InChI=1S/C6H11P/c7-6-3-1-2-5(6)4-6/h5H,1-4,7H2. The molecule has 0 N–H and O–H groups in total. The van der Waals surface area contributed by atoms with E-state index in [1.807, 2.05) is 0 Å². The molecule has 0 aromatic rings. The lowest BCUT2D eigenvalue weighted by atomic mass is 10.3. The zero-order chi connectivity index (χ0) is 4.91. The summed E-state index contributed by atoms with van der Waals surface area (Å²) in [5.74, 6) is 1.12. The molecule has 2 saturated carbocycles. The lowest BCUT2D eigenvalue weighted by Gasteiger charge is -1.96. The molecular weight excluding hydrogens is 103 g/mol. The fourth-order valence-corrected chi connectivity index (χ4v) is 2.43. The average Bonchev–Trinajstić information content (AvgIpc) is 2.09. The van der Waals surface area contributed by atoms with Crippen LogP contribution in [-0.2, 0) is 0 Å². The highest BCUT2D eigenvalue weighted by Crippen LogP contribution is 2.61. The number of rotatable bonds is 0. The normalized spacial score (nSPS) is 57.0. The monoisotopic (exact) mass is 114 g/mol. The van der Waals surface area contributed by atoms with Crippen molar-refractivity contribution in [2.45, 2.75) is 30.8 Å². The summed E-state index contributed by atoms with van der Waals surface area (Å²) in [5.41, 5.74) is 0. The third-order valence-corrected chi connectivity index (χ3v) is 3.47. The molecule has 7 heavy (non-hydrogen) atoms. The summed E-state index contributed by atoms with van der Waals surface area (Å²) in [5, 5.41) is 0.778. The number of hydrogen-bond donors (Lipinski definition) is 0. The van der Waals surface area contributed by atoms with Crippen LogP contribution < -0.4 is 0 Å². The Morgan fingerprint density at radius 3 is 2.57 bits per heavy atom. The van der Waals surface area contributed by atoms with Crippen LogP contribution >= 0.6 is 9.24 Å². The highest BCUT2D eigenvalue weighted by atomic mass is 31.0. The zero-order valence-corrected chi connectivity index (χ0v) is 5.64. The molecule has 0 spiro atoms. The van der Waals surface area contributed by atoms with Gasteiger partial charge in [0.05, 0.1) is 0 Å². The molecule has 0 bridgehead atoms. The Balaban J connectivity index is 2.17. The first-order valence-electron chi connectivity index (χ1n) is 3.10. The van der Waals surface area contributed by atoms with E-state index in [-0.39, 0.29) is 0 Å². The van der Waals surface area contributed by atoms with Crippen LogP contribution in [0.15, 0.2) is 0 Å². The Labute approximate surface area is 46.9 Å². The second-order valence-corrected chi connectivity index (χ2v) is 4.18.